The number of ether oxygens (including phenoxy) is 1. The van der Waals surface area contributed by atoms with Gasteiger partial charge in [0.2, 0.25) is 0 Å². The third-order valence-electron chi connectivity index (χ3n) is 7.51. The Morgan fingerprint density at radius 3 is 2.02 bits per heavy atom. The first kappa shape index (κ1) is 28.7. The van der Waals surface area contributed by atoms with Crippen LogP contribution in [0.4, 0.5) is 4.39 Å². The fourth-order valence-electron chi connectivity index (χ4n) is 5.10. The van der Waals surface area contributed by atoms with Gasteiger partial charge in [-0.2, -0.15) is 0 Å². The largest absolute Gasteiger partial charge is 0.486 e. The second kappa shape index (κ2) is 12.8. The maximum absolute atomic E-state index is 14.7. The Bertz CT molecular complexity index is 1550. The van der Waals surface area contributed by atoms with Gasteiger partial charge in [0.1, 0.15) is 6.61 Å². The zero-order chi connectivity index (χ0) is 29.6. The summed E-state index contributed by atoms with van der Waals surface area (Å²) in [4.78, 5) is 38.1. The second-order valence-electron chi connectivity index (χ2n) is 10.3. The SMILES string of the molecule is O=C(O)C(CCN1C(=O)c2ccccc2C1=O)C(O)CCc1ccc(-c2ccc(OCc3ccccc3)c(F)c2)cc1. The van der Waals surface area contributed by atoms with Crippen molar-refractivity contribution in [3.63, 3.8) is 0 Å². The topological polar surface area (TPSA) is 104 Å². The van der Waals surface area contributed by atoms with E-state index in [9.17, 15) is 29.0 Å². The third-order valence-corrected chi connectivity index (χ3v) is 7.51. The molecule has 0 fully saturated rings. The van der Waals surface area contributed by atoms with Crippen molar-refractivity contribution in [1.82, 2.24) is 4.90 Å². The molecule has 0 saturated heterocycles. The predicted molar refractivity (Wildman–Crippen MR) is 154 cm³/mol. The van der Waals surface area contributed by atoms with Gasteiger partial charge in [-0.3, -0.25) is 19.3 Å². The van der Waals surface area contributed by atoms with Crippen LogP contribution in [0.3, 0.4) is 0 Å². The van der Waals surface area contributed by atoms with Crippen molar-refractivity contribution >= 4 is 17.8 Å². The molecule has 0 radical (unpaired) electrons. The van der Waals surface area contributed by atoms with E-state index in [-0.39, 0.29) is 31.7 Å². The summed E-state index contributed by atoms with van der Waals surface area (Å²) in [6.45, 7) is 0.172. The predicted octanol–water partition coefficient (Wildman–Crippen LogP) is 5.75. The molecule has 4 aromatic rings. The van der Waals surface area contributed by atoms with E-state index in [4.69, 9.17) is 4.74 Å². The maximum atomic E-state index is 14.7. The van der Waals surface area contributed by atoms with E-state index in [0.29, 0.717) is 23.1 Å². The summed E-state index contributed by atoms with van der Waals surface area (Å²) in [5.74, 6) is -3.53. The summed E-state index contributed by atoms with van der Waals surface area (Å²) in [5.41, 5.74) is 3.91. The van der Waals surface area contributed by atoms with Crippen LogP contribution in [0.5, 0.6) is 5.75 Å². The van der Waals surface area contributed by atoms with Crippen molar-refractivity contribution in [1.29, 1.82) is 0 Å². The fourth-order valence-corrected chi connectivity index (χ4v) is 5.10. The second-order valence-corrected chi connectivity index (χ2v) is 10.3. The molecule has 5 rings (SSSR count). The van der Waals surface area contributed by atoms with E-state index in [1.165, 1.54) is 6.07 Å². The minimum atomic E-state index is -1.19. The number of carbonyl (C=O) groups excluding carboxylic acids is 2. The lowest BCUT2D eigenvalue weighted by Crippen LogP contribution is -2.36. The van der Waals surface area contributed by atoms with Crippen LogP contribution in [0.15, 0.2) is 97.1 Å². The highest BCUT2D eigenvalue weighted by atomic mass is 19.1. The van der Waals surface area contributed by atoms with Gasteiger partial charge in [-0.1, -0.05) is 72.8 Å². The molecule has 1 heterocycles. The molecule has 0 aliphatic carbocycles. The molecule has 1 aliphatic rings. The molecule has 0 bridgehead atoms. The molecular formula is C34H30FNO6. The standard InChI is InChI=1S/C34H30FNO6/c35-29-20-25(15-17-31(29)42-21-23-6-2-1-3-7-23)24-13-10-22(11-14-24)12-16-30(37)28(34(40)41)18-19-36-32(38)26-8-4-5-9-27(26)33(36)39/h1-11,13-15,17,20,28,30,37H,12,16,18-19,21H2,(H,40,41). The van der Waals surface area contributed by atoms with Gasteiger partial charge in [0.25, 0.3) is 11.8 Å². The lowest BCUT2D eigenvalue weighted by atomic mass is 9.93. The highest BCUT2D eigenvalue weighted by molar-refractivity contribution is 6.21. The van der Waals surface area contributed by atoms with E-state index < -0.39 is 35.6 Å². The number of hydrogen-bond acceptors (Lipinski definition) is 5. The molecule has 2 atom stereocenters. The van der Waals surface area contributed by atoms with Crippen LogP contribution in [0.1, 0.15) is 44.7 Å². The number of carbonyl (C=O) groups is 3. The molecule has 0 spiro atoms. The average Bonchev–Trinajstić information content (AvgIpc) is 3.25. The number of amides is 2. The number of halogens is 1. The fraction of sp³-hybridized carbons (Fsp3) is 0.206. The molecule has 4 aromatic carbocycles. The Balaban J connectivity index is 1.15. The van der Waals surface area contributed by atoms with E-state index in [2.05, 4.69) is 0 Å². The number of hydrogen-bond donors (Lipinski definition) is 2. The van der Waals surface area contributed by atoms with Gasteiger partial charge in [-0.25, -0.2) is 4.39 Å². The number of imide groups is 1. The number of carboxylic acid groups (broad SMARTS) is 1. The van der Waals surface area contributed by atoms with E-state index in [1.807, 2.05) is 54.6 Å². The van der Waals surface area contributed by atoms with Crippen LogP contribution >= 0.6 is 0 Å². The number of benzene rings is 4. The number of aliphatic hydroxyl groups is 1. The normalized spacial score (nSPS) is 14.0. The van der Waals surface area contributed by atoms with Gasteiger partial charge < -0.3 is 14.9 Å². The monoisotopic (exact) mass is 567 g/mol. The number of fused-ring (bicyclic) bond motifs is 1. The van der Waals surface area contributed by atoms with Crippen LogP contribution in [0, 0.1) is 11.7 Å². The third kappa shape index (κ3) is 6.39. The summed E-state index contributed by atoms with van der Waals surface area (Å²) in [6.07, 6.45) is -0.633. The average molecular weight is 568 g/mol. The zero-order valence-corrected chi connectivity index (χ0v) is 22.8. The number of aliphatic hydroxyl groups excluding tert-OH is 1. The molecule has 7 nitrogen and oxygen atoms in total. The molecular weight excluding hydrogens is 537 g/mol. The summed E-state index contributed by atoms with van der Waals surface area (Å²) in [5, 5.41) is 20.4. The maximum Gasteiger partial charge on any atom is 0.309 e. The highest BCUT2D eigenvalue weighted by Gasteiger charge is 2.36. The van der Waals surface area contributed by atoms with E-state index >= 15 is 0 Å². The highest BCUT2D eigenvalue weighted by Crippen LogP contribution is 2.28. The lowest BCUT2D eigenvalue weighted by molar-refractivity contribution is -0.146. The minimum absolute atomic E-state index is 0.0580. The van der Waals surface area contributed by atoms with Crippen LogP contribution in [0.25, 0.3) is 11.1 Å². The Hall–Kier alpha value is -4.82. The molecule has 0 saturated carbocycles. The Labute approximate surface area is 242 Å². The van der Waals surface area contributed by atoms with Crippen LogP contribution < -0.4 is 4.74 Å². The number of aryl methyl sites for hydroxylation is 1. The van der Waals surface area contributed by atoms with Crippen molar-refractivity contribution in [2.75, 3.05) is 6.54 Å². The number of carboxylic acids is 1. The van der Waals surface area contributed by atoms with Crippen LogP contribution in [0.2, 0.25) is 0 Å². The molecule has 2 N–H and O–H groups in total. The van der Waals surface area contributed by atoms with Gasteiger partial charge in [0, 0.05) is 6.54 Å². The van der Waals surface area contributed by atoms with Crippen molar-refractivity contribution in [2.24, 2.45) is 5.92 Å². The smallest absolute Gasteiger partial charge is 0.309 e. The Kier molecular flexibility index (Phi) is 8.74. The van der Waals surface area contributed by atoms with E-state index in [0.717, 1.165) is 21.6 Å². The van der Waals surface area contributed by atoms with Crippen molar-refractivity contribution in [3.8, 4) is 16.9 Å². The first-order valence-electron chi connectivity index (χ1n) is 13.7. The number of rotatable bonds is 12. The molecule has 42 heavy (non-hydrogen) atoms. The van der Waals surface area contributed by atoms with E-state index in [1.54, 1.807) is 36.4 Å². The zero-order valence-electron chi connectivity index (χ0n) is 22.8. The van der Waals surface area contributed by atoms with Crippen LogP contribution in [-0.4, -0.2) is 45.5 Å². The molecule has 2 amide bonds. The quantitative estimate of drug-likeness (QED) is 0.211. The van der Waals surface area contributed by atoms with Gasteiger partial charge >= 0.3 is 5.97 Å². The van der Waals surface area contributed by atoms with Crippen molar-refractivity contribution in [2.45, 2.75) is 32.0 Å². The molecule has 0 aromatic heterocycles. The molecule has 8 heteroatoms. The first-order valence-corrected chi connectivity index (χ1v) is 13.7. The minimum Gasteiger partial charge on any atom is -0.486 e. The molecule has 214 valence electrons. The van der Waals surface area contributed by atoms with Gasteiger partial charge in [-0.05, 0) is 65.8 Å². The van der Waals surface area contributed by atoms with Gasteiger partial charge in [0.15, 0.2) is 11.6 Å². The summed E-state index contributed by atoms with van der Waals surface area (Å²) >= 11 is 0. The van der Waals surface area contributed by atoms with Gasteiger partial charge in [0.05, 0.1) is 23.1 Å². The number of aliphatic carboxylic acids is 1. The molecule has 2 unspecified atom stereocenters. The Morgan fingerprint density at radius 2 is 1.40 bits per heavy atom. The van der Waals surface area contributed by atoms with Crippen molar-refractivity contribution in [3.05, 3.63) is 125 Å². The summed E-state index contributed by atoms with van der Waals surface area (Å²) < 4.78 is 20.3. The van der Waals surface area contributed by atoms with Crippen molar-refractivity contribution < 1.29 is 33.7 Å². The summed E-state index contributed by atoms with van der Waals surface area (Å²) in [6, 6.07) is 28.2. The Morgan fingerprint density at radius 1 is 0.786 bits per heavy atom. The first-order chi connectivity index (χ1) is 20.3. The lowest BCUT2D eigenvalue weighted by Gasteiger charge is -2.22. The van der Waals surface area contributed by atoms with Gasteiger partial charge in [-0.15, -0.1) is 0 Å². The summed E-state index contributed by atoms with van der Waals surface area (Å²) in [7, 11) is 0. The van der Waals surface area contributed by atoms with Crippen LogP contribution in [-0.2, 0) is 17.8 Å². The molecule has 1 aliphatic heterocycles. The number of nitrogens with zero attached hydrogens (tertiary/aromatic N) is 1.